The zero-order valence-corrected chi connectivity index (χ0v) is 10.0. The highest BCUT2D eigenvalue weighted by Gasteiger charge is 1.93. The third-order valence-electron chi connectivity index (χ3n) is 1.24. The number of rotatable bonds is 3. The SMILES string of the molecule is CC=CCNC(=S)NNC(=S)NCC. The lowest BCUT2D eigenvalue weighted by molar-refractivity contribution is 0.799. The standard InChI is InChI=1S/C8H16N4S2/c1-3-5-6-10-8(14)12-11-7(13)9-4-2/h3,5H,4,6H2,1-2H3,(H2,9,11,13)(H2,10,12,14). The van der Waals surface area contributed by atoms with Gasteiger partial charge in [0.25, 0.3) is 0 Å². The Morgan fingerprint density at radius 1 is 1.14 bits per heavy atom. The average Bonchev–Trinajstić information content (AvgIpc) is 2.16. The van der Waals surface area contributed by atoms with Crippen molar-refractivity contribution in [3.8, 4) is 0 Å². The van der Waals surface area contributed by atoms with E-state index in [1.54, 1.807) is 0 Å². The van der Waals surface area contributed by atoms with Crippen LogP contribution < -0.4 is 21.5 Å². The lowest BCUT2D eigenvalue weighted by Crippen LogP contribution is -2.50. The molecular formula is C8H16N4S2. The van der Waals surface area contributed by atoms with E-state index in [1.807, 2.05) is 26.0 Å². The van der Waals surface area contributed by atoms with Gasteiger partial charge in [0.1, 0.15) is 0 Å². The number of hydrogen-bond acceptors (Lipinski definition) is 2. The van der Waals surface area contributed by atoms with Gasteiger partial charge in [-0.3, -0.25) is 10.9 Å². The number of thiocarbonyl (C=S) groups is 2. The molecule has 0 radical (unpaired) electrons. The van der Waals surface area contributed by atoms with Gasteiger partial charge >= 0.3 is 0 Å². The summed E-state index contributed by atoms with van der Waals surface area (Å²) in [4.78, 5) is 0. The highest BCUT2D eigenvalue weighted by atomic mass is 32.1. The molecule has 0 atom stereocenters. The molecule has 0 heterocycles. The minimum Gasteiger partial charge on any atom is -0.362 e. The van der Waals surface area contributed by atoms with Crippen LogP contribution in [0, 0.1) is 0 Å². The largest absolute Gasteiger partial charge is 0.362 e. The minimum absolute atomic E-state index is 0.517. The summed E-state index contributed by atoms with van der Waals surface area (Å²) in [7, 11) is 0. The molecule has 0 aromatic rings. The summed E-state index contributed by atoms with van der Waals surface area (Å²) in [5.41, 5.74) is 5.51. The van der Waals surface area contributed by atoms with Crippen LogP contribution in [0.15, 0.2) is 12.2 Å². The van der Waals surface area contributed by atoms with Crippen molar-refractivity contribution in [3.63, 3.8) is 0 Å². The first-order valence-corrected chi connectivity index (χ1v) is 5.21. The van der Waals surface area contributed by atoms with Gasteiger partial charge in [-0.1, -0.05) is 12.2 Å². The second-order valence-electron chi connectivity index (χ2n) is 2.39. The highest BCUT2D eigenvalue weighted by Crippen LogP contribution is 1.69. The molecule has 0 bridgehead atoms. The Morgan fingerprint density at radius 3 is 2.21 bits per heavy atom. The predicted molar refractivity (Wildman–Crippen MR) is 68.0 cm³/mol. The summed E-state index contributed by atoms with van der Waals surface area (Å²) in [5.74, 6) is 0. The van der Waals surface area contributed by atoms with Crippen LogP contribution in [0.4, 0.5) is 0 Å². The van der Waals surface area contributed by atoms with Crippen molar-refractivity contribution in [2.45, 2.75) is 13.8 Å². The Labute approximate surface area is 95.5 Å². The fraction of sp³-hybridized carbons (Fsp3) is 0.500. The summed E-state index contributed by atoms with van der Waals surface area (Å²) < 4.78 is 0. The minimum atomic E-state index is 0.517. The maximum atomic E-state index is 4.96. The van der Waals surface area contributed by atoms with E-state index in [0.717, 1.165) is 6.54 Å². The zero-order chi connectivity index (χ0) is 10.8. The molecule has 0 aromatic carbocycles. The Morgan fingerprint density at radius 2 is 1.71 bits per heavy atom. The molecule has 0 saturated carbocycles. The first kappa shape index (κ1) is 13.1. The van der Waals surface area contributed by atoms with Gasteiger partial charge in [0.05, 0.1) is 0 Å². The molecule has 0 saturated heterocycles. The van der Waals surface area contributed by atoms with Crippen molar-refractivity contribution in [2.24, 2.45) is 0 Å². The van der Waals surface area contributed by atoms with Crippen molar-refractivity contribution in [1.29, 1.82) is 0 Å². The lowest BCUT2D eigenvalue weighted by Gasteiger charge is -2.12. The fourth-order valence-corrected chi connectivity index (χ4v) is 0.962. The van der Waals surface area contributed by atoms with E-state index >= 15 is 0 Å². The van der Waals surface area contributed by atoms with Crippen LogP contribution in [0.5, 0.6) is 0 Å². The molecule has 0 spiro atoms. The summed E-state index contributed by atoms with van der Waals surface area (Å²) >= 11 is 9.88. The Bertz CT molecular complexity index is 215. The van der Waals surface area contributed by atoms with Crippen molar-refractivity contribution < 1.29 is 0 Å². The summed E-state index contributed by atoms with van der Waals surface area (Å²) in [6, 6.07) is 0. The van der Waals surface area contributed by atoms with Crippen LogP contribution >= 0.6 is 24.4 Å². The molecule has 0 fully saturated rings. The maximum Gasteiger partial charge on any atom is 0.185 e. The monoisotopic (exact) mass is 232 g/mol. The molecule has 6 heteroatoms. The highest BCUT2D eigenvalue weighted by molar-refractivity contribution is 7.80. The van der Waals surface area contributed by atoms with Gasteiger partial charge in [-0.15, -0.1) is 0 Å². The summed E-state index contributed by atoms with van der Waals surface area (Å²) in [6.07, 6.45) is 3.92. The topological polar surface area (TPSA) is 48.1 Å². The molecule has 4 nitrogen and oxygen atoms in total. The predicted octanol–water partition coefficient (Wildman–Crippen LogP) is 0.426. The molecule has 0 aliphatic heterocycles. The Hall–Kier alpha value is -0.880. The van der Waals surface area contributed by atoms with E-state index in [9.17, 15) is 0 Å². The number of hydrazine groups is 1. The van der Waals surface area contributed by atoms with Crippen LogP contribution in [-0.2, 0) is 0 Å². The molecule has 14 heavy (non-hydrogen) atoms. The third-order valence-corrected chi connectivity index (χ3v) is 1.74. The van der Waals surface area contributed by atoms with Gasteiger partial charge < -0.3 is 10.6 Å². The van der Waals surface area contributed by atoms with Crippen LogP contribution in [0.25, 0.3) is 0 Å². The van der Waals surface area contributed by atoms with Crippen molar-refractivity contribution >= 4 is 34.7 Å². The second kappa shape index (κ2) is 8.71. The number of allylic oxidation sites excluding steroid dienone is 1. The van der Waals surface area contributed by atoms with Crippen LogP contribution in [0.1, 0.15) is 13.8 Å². The molecule has 0 amide bonds. The van der Waals surface area contributed by atoms with E-state index in [1.165, 1.54) is 0 Å². The van der Waals surface area contributed by atoms with E-state index in [0.29, 0.717) is 16.8 Å². The van der Waals surface area contributed by atoms with Crippen LogP contribution in [0.3, 0.4) is 0 Å². The molecule has 0 rings (SSSR count). The van der Waals surface area contributed by atoms with E-state index in [-0.39, 0.29) is 0 Å². The summed E-state index contributed by atoms with van der Waals surface area (Å²) in [6.45, 7) is 5.41. The maximum absolute atomic E-state index is 4.96. The number of nitrogens with one attached hydrogen (secondary N) is 4. The van der Waals surface area contributed by atoms with Gasteiger partial charge in [0.15, 0.2) is 10.2 Å². The molecule has 0 aromatic heterocycles. The molecule has 80 valence electrons. The van der Waals surface area contributed by atoms with Crippen LogP contribution in [0.2, 0.25) is 0 Å². The number of hydrogen-bond donors (Lipinski definition) is 4. The van der Waals surface area contributed by atoms with Gasteiger partial charge in [0, 0.05) is 13.1 Å². The summed E-state index contributed by atoms with van der Waals surface area (Å²) in [5, 5.41) is 6.94. The van der Waals surface area contributed by atoms with Gasteiger partial charge in [-0.2, -0.15) is 0 Å². The fourth-order valence-electron chi connectivity index (χ4n) is 0.632. The molecular weight excluding hydrogens is 216 g/mol. The molecule has 4 N–H and O–H groups in total. The first-order chi connectivity index (χ1) is 6.70. The Balaban J connectivity index is 3.48. The lowest BCUT2D eigenvalue weighted by atomic mass is 10.5. The molecule has 0 aliphatic carbocycles. The van der Waals surface area contributed by atoms with E-state index in [2.05, 4.69) is 21.5 Å². The van der Waals surface area contributed by atoms with Gasteiger partial charge in [-0.25, -0.2) is 0 Å². The van der Waals surface area contributed by atoms with E-state index < -0.39 is 0 Å². The van der Waals surface area contributed by atoms with Crippen molar-refractivity contribution in [1.82, 2.24) is 21.5 Å². The van der Waals surface area contributed by atoms with Gasteiger partial charge in [0.2, 0.25) is 0 Å². The Kier molecular flexibility index (Phi) is 8.16. The quantitative estimate of drug-likeness (QED) is 0.322. The molecule has 0 unspecified atom stereocenters. The van der Waals surface area contributed by atoms with Crippen LogP contribution in [-0.4, -0.2) is 23.3 Å². The van der Waals surface area contributed by atoms with E-state index in [4.69, 9.17) is 24.4 Å². The first-order valence-electron chi connectivity index (χ1n) is 4.39. The second-order valence-corrected chi connectivity index (χ2v) is 3.21. The molecule has 0 aliphatic rings. The zero-order valence-electron chi connectivity index (χ0n) is 8.39. The third kappa shape index (κ3) is 7.75. The average molecular weight is 232 g/mol. The van der Waals surface area contributed by atoms with Crippen molar-refractivity contribution in [2.75, 3.05) is 13.1 Å². The van der Waals surface area contributed by atoms with Gasteiger partial charge in [-0.05, 0) is 38.3 Å². The smallest absolute Gasteiger partial charge is 0.185 e. The normalized spacial score (nSPS) is 9.57. The van der Waals surface area contributed by atoms with Crippen molar-refractivity contribution in [3.05, 3.63) is 12.2 Å².